The van der Waals surface area contributed by atoms with E-state index in [4.69, 9.17) is 10.3 Å². The second-order valence-electron chi connectivity index (χ2n) is 4.13. The summed E-state index contributed by atoms with van der Waals surface area (Å²) < 4.78 is 6.13. The summed E-state index contributed by atoms with van der Waals surface area (Å²) in [6.07, 6.45) is 1.43. The summed E-state index contributed by atoms with van der Waals surface area (Å²) in [6, 6.07) is 4.55. The molecule has 2 heterocycles. The van der Waals surface area contributed by atoms with Crippen LogP contribution in [0.1, 0.15) is 11.5 Å². The first-order valence-corrected chi connectivity index (χ1v) is 5.69. The molecule has 0 bridgehead atoms. The summed E-state index contributed by atoms with van der Waals surface area (Å²) in [7, 11) is 0. The zero-order valence-corrected chi connectivity index (χ0v) is 10.4. The molecule has 0 unspecified atom stereocenters. The number of hydrogen-bond acceptors (Lipinski definition) is 5. The Morgan fingerprint density at radius 3 is 3.00 bits per heavy atom. The molecule has 0 fully saturated rings. The summed E-state index contributed by atoms with van der Waals surface area (Å²) in [5.74, 6) is 0.379. The van der Waals surface area contributed by atoms with Gasteiger partial charge in [-0.3, -0.25) is 9.59 Å². The molecule has 0 aromatic carbocycles. The van der Waals surface area contributed by atoms with Crippen LogP contribution in [0, 0.1) is 6.92 Å². The van der Waals surface area contributed by atoms with Crippen molar-refractivity contribution in [1.29, 1.82) is 0 Å². The highest BCUT2D eigenvalue weighted by Gasteiger charge is 2.06. The molecule has 1 amide bonds. The molecule has 7 heteroatoms. The molecule has 0 atom stereocenters. The van der Waals surface area contributed by atoms with Gasteiger partial charge in [-0.2, -0.15) is 0 Å². The molecule has 3 N–H and O–H groups in total. The molecular formula is C12H14N4O3. The number of nitrogens with one attached hydrogen (secondary N) is 1. The number of pyridine rings is 1. The van der Waals surface area contributed by atoms with Gasteiger partial charge in [0.1, 0.15) is 18.0 Å². The number of nitrogens with two attached hydrogens (primary N) is 1. The second-order valence-corrected chi connectivity index (χ2v) is 4.13. The third kappa shape index (κ3) is 3.44. The zero-order chi connectivity index (χ0) is 13.8. The topological polar surface area (TPSA) is 103 Å². The fourth-order valence-corrected chi connectivity index (χ4v) is 1.57. The molecule has 0 aliphatic heterocycles. The van der Waals surface area contributed by atoms with E-state index in [9.17, 15) is 9.59 Å². The third-order valence-electron chi connectivity index (χ3n) is 2.46. The van der Waals surface area contributed by atoms with E-state index < -0.39 is 0 Å². The molecule has 2 aromatic heterocycles. The number of nitrogen functional groups attached to an aromatic ring is 1. The molecule has 2 rings (SSSR count). The fourth-order valence-electron chi connectivity index (χ4n) is 1.57. The van der Waals surface area contributed by atoms with Crippen LogP contribution in [0.5, 0.6) is 0 Å². The molecule has 100 valence electrons. The first-order chi connectivity index (χ1) is 9.04. The third-order valence-corrected chi connectivity index (χ3v) is 2.46. The van der Waals surface area contributed by atoms with Crippen molar-refractivity contribution in [3.05, 3.63) is 46.2 Å². The predicted molar refractivity (Wildman–Crippen MR) is 68.2 cm³/mol. The quantitative estimate of drug-likeness (QED) is 0.810. The van der Waals surface area contributed by atoms with Crippen LogP contribution in [0.25, 0.3) is 0 Å². The second kappa shape index (κ2) is 5.38. The van der Waals surface area contributed by atoms with Gasteiger partial charge in [0.15, 0.2) is 0 Å². The zero-order valence-electron chi connectivity index (χ0n) is 10.4. The van der Waals surface area contributed by atoms with Gasteiger partial charge < -0.3 is 20.1 Å². The lowest BCUT2D eigenvalue weighted by atomic mass is 10.3. The number of carbonyl (C=O) groups is 1. The standard InChI is InChI=1S/C12H14N4O3/c1-8-4-10(15-19-8)5-14-11(17)7-16-6-9(13)2-3-12(16)18/h2-4,6H,5,7,13H2,1H3,(H,14,17). The molecule has 19 heavy (non-hydrogen) atoms. The predicted octanol–water partition coefficient (Wildman–Crippen LogP) is 0.0433. The van der Waals surface area contributed by atoms with Gasteiger partial charge in [0, 0.05) is 24.0 Å². The van der Waals surface area contributed by atoms with E-state index in [0.29, 0.717) is 17.1 Å². The van der Waals surface area contributed by atoms with Crippen molar-refractivity contribution >= 4 is 11.6 Å². The number of anilines is 1. The average molecular weight is 262 g/mol. The summed E-state index contributed by atoms with van der Waals surface area (Å²) in [5.41, 5.74) is 6.34. The highest BCUT2D eigenvalue weighted by atomic mass is 16.5. The molecule has 2 aromatic rings. The summed E-state index contributed by atoms with van der Waals surface area (Å²) in [4.78, 5) is 23.2. The van der Waals surface area contributed by atoms with Crippen molar-refractivity contribution in [3.8, 4) is 0 Å². The lowest BCUT2D eigenvalue weighted by Gasteiger charge is -2.06. The molecule has 0 saturated carbocycles. The Morgan fingerprint density at radius 1 is 1.53 bits per heavy atom. The molecule has 0 aliphatic rings. The number of nitrogens with zero attached hydrogens (tertiary/aromatic N) is 2. The lowest BCUT2D eigenvalue weighted by Crippen LogP contribution is -2.31. The van der Waals surface area contributed by atoms with Gasteiger partial charge >= 0.3 is 0 Å². The minimum absolute atomic E-state index is 0.0826. The first-order valence-electron chi connectivity index (χ1n) is 5.69. The Bertz CT molecular complexity index is 644. The van der Waals surface area contributed by atoms with Gasteiger partial charge in [0.2, 0.25) is 5.91 Å². The minimum Gasteiger partial charge on any atom is -0.398 e. The first kappa shape index (κ1) is 12.9. The number of amides is 1. The Morgan fingerprint density at radius 2 is 2.32 bits per heavy atom. The van der Waals surface area contributed by atoms with Crippen molar-refractivity contribution in [2.75, 3.05) is 5.73 Å². The van der Waals surface area contributed by atoms with Crippen LogP contribution in [-0.2, 0) is 17.9 Å². The number of carbonyl (C=O) groups excluding carboxylic acids is 1. The van der Waals surface area contributed by atoms with Crippen molar-refractivity contribution in [1.82, 2.24) is 15.0 Å². The van der Waals surface area contributed by atoms with Crippen LogP contribution in [0.2, 0.25) is 0 Å². The maximum absolute atomic E-state index is 11.7. The molecule has 7 nitrogen and oxygen atoms in total. The average Bonchev–Trinajstić information content (AvgIpc) is 2.77. The van der Waals surface area contributed by atoms with Crippen LogP contribution in [0.4, 0.5) is 5.69 Å². The Balaban J connectivity index is 1.94. The summed E-state index contributed by atoms with van der Waals surface area (Å²) in [6.45, 7) is 1.94. The molecule has 0 spiro atoms. The van der Waals surface area contributed by atoms with Crippen LogP contribution >= 0.6 is 0 Å². The minimum atomic E-state index is -0.298. The van der Waals surface area contributed by atoms with Gasteiger partial charge in [-0.15, -0.1) is 0 Å². The highest BCUT2D eigenvalue weighted by molar-refractivity contribution is 5.75. The number of aryl methyl sites for hydroxylation is 1. The van der Waals surface area contributed by atoms with Gasteiger partial charge in [-0.1, -0.05) is 5.16 Å². The van der Waals surface area contributed by atoms with Gasteiger partial charge in [-0.25, -0.2) is 0 Å². The molecule has 0 saturated heterocycles. The summed E-state index contributed by atoms with van der Waals surface area (Å²) >= 11 is 0. The Labute approximate surface area is 109 Å². The van der Waals surface area contributed by atoms with Crippen LogP contribution in [0.15, 0.2) is 33.7 Å². The van der Waals surface area contributed by atoms with E-state index in [1.807, 2.05) is 0 Å². The van der Waals surface area contributed by atoms with Crippen molar-refractivity contribution < 1.29 is 9.32 Å². The van der Waals surface area contributed by atoms with E-state index in [0.717, 1.165) is 0 Å². The Hall–Kier alpha value is -2.57. The molecule has 0 radical (unpaired) electrons. The fraction of sp³-hybridized carbons (Fsp3) is 0.250. The van der Waals surface area contributed by atoms with Crippen LogP contribution in [-0.4, -0.2) is 15.6 Å². The molecule has 0 aliphatic carbocycles. The highest BCUT2D eigenvalue weighted by Crippen LogP contribution is 2.00. The van der Waals surface area contributed by atoms with E-state index in [-0.39, 0.29) is 24.6 Å². The number of rotatable bonds is 4. The monoisotopic (exact) mass is 262 g/mol. The van der Waals surface area contributed by atoms with Gasteiger partial charge in [-0.05, 0) is 13.0 Å². The van der Waals surface area contributed by atoms with E-state index in [2.05, 4.69) is 10.5 Å². The van der Waals surface area contributed by atoms with Crippen molar-refractivity contribution in [2.45, 2.75) is 20.0 Å². The van der Waals surface area contributed by atoms with Crippen LogP contribution in [0.3, 0.4) is 0 Å². The maximum Gasteiger partial charge on any atom is 0.251 e. The largest absolute Gasteiger partial charge is 0.398 e. The number of aromatic nitrogens is 2. The van der Waals surface area contributed by atoms with E-state index in [1.54, 1.807) is 13.0 Å². The van der Waals surface area contributed by atoms with Crippen LogP contribution < -0.4 is 16.6 Å². The smallest absolute Gasteiger partial charge is 0.251 e. The lowest BCUT2D eigenvalue weighted by molar-refractivity contribution is -0.121. The van der Waals surface area contributed by atoms with Crippen molar-refractivity contribution in [3.63, 3.8) is 0 Å². The normalized spacial score (nSPS) is 10.4. The summed E-state index contributed by atoms with van der Waals surface area (Å²) in [5, 5.41) is 6.39. The van der Waals surface area contributed by atoms with Gasteiger partial charge in [0.25, 0.3) is 5.56 Å². The van der Waals surface area contributed by atoms with E-state index >= 15 is 0 Å². The molecular weight excluding hydrogens is 248 g/mol. The Kier molecular flexibility index (Phi) is 3.65. The maximum atomic E-state index is 11.7. The number of hydrogen-bond donors (Lipinski definition) is 2. The SMILES string of the molecule is Cc1cc(CNC(=O)Cn2cc(N)ccc2=O)no1. The van der Waals surface area contributed by atoms with E-state index in [1.165, 1.54) is 22.9 Å². The van der Waals surface area contributed by atoms with Crippen molar-refractivity contribution in [2.24, 2.45) is 0 Å². The van der Waals surface area contributed by atoms with Gasteiger partial charge in [0.05, 0.1) is 6.54 Å².